The lowest BCUT2D eigenvalue weighted by atomic mass is 10.1. The molecular weight excluding hydrogens is 354 g/mol. The van der Waals surface area contributed by atoms with Gasteiger partial charge in [-0.1, -0.05) is 29.9 Å². The highest BCUT2D eigenvalue weighted by Gasteiger charge is 2.19. The van der Waals surface area contributed by atoms with Crippen LogP contribution in [0.2, 0.25) is 0 Å². The van der Waals surface area contributed by atoms with Gasteiger partial charge in [0.1, 0.15) is 14.7 Å². The number of amides is 1. The van der Waals surface area contributed by atoms with Crippen molar-refractivity contribution in [3.63, 3.8) is 0 Å². The van der Waals surface area contributed by atoms with E-state index in [9.17, 15) is 4.79 Å². The molecule has 0 aliphatic heterocycles. The molecular formula is C17H15N5OS2. The van der Waals surface area contributed by atoms with Gasteiger partial charge in [-0.15, -0.1) is 21.5 Å². The third-order valence-corrected chi connectivity index (χ3v) is 5.96. The quantitative estimate of drug-likeness (QED) is 0.569. The fraction of sp³-hybridized carbons (Fsp3) is 0.176. The van der Waals surface area contributed by atoms with Crippen LogP contribution in [-0.2, 0) is 6.42 Å². The highest BCUT2D eigenvalue weighted by atomic mass is 32.1. The number of hydrogen-bond acceptors (Lipinski definition) is 7. The molecule has 0 saturated heterocycles. The normalized spacial score (nSPS) is 11.3. The van der Waals surface area contributed by atoms with E-state index < -0.39 is 0 Å². The summed E-state index contributed by atoms with van der Waals surface area (Å²) in [6.07, 6.45) is 0.786. The topological polar surface area (TPSA) is 93.8 Å². The summed E-state index contributed by atoms with van der Waals surface area (Å²) in [6, 6.07) is 8.05. The van der Waals surface area contributed by atoms with Crippen molar-refractivity contribution in [2.45, 2.75) is 20.3 Å². The summed E-state index contributed by atoms with van der Waals surface area (Å²) in [4.78, 5) is 18.4. The number of aromatic nitrogens is 3. The van der Waals surface area contributed by atoms with Crippen LogP contribution < -0.4 is 11.1 Å². The van der Waals surface area contributed by atoms with Crippen LogP contribution >= 0.6 is 22.7 Å². The monoisotopic (exact) mass is 369 g/mol. The maximum atomic E-state index is 12.6. The van der Waals surface area contributed by atoms with Crippen molar-refractivity contribution in [2.24, 2.45) is 0 Å². The average Bonchev–Trinajstić information content (AvgIpc) is 3.18. The number of carbonyl (C=O) groups excluding carboxylic acids is 1. The molecule has 6 nitrogen and oxygen atoms in total. The Hall–Kier alpha value is -2.58. The number of nitrogens with zero attached hydrogens (tertiary/aromatic N) is 3. The second-order valence-corrected chi connectivity index (χ2v) is 7.75. The standard InChI is InChI=1S/C17H15N5OS2/c1-3-12-21-22-17(24-12)20-15(23)14-13(18)10-7-9-6-8(2)4-5-11(9)19-16(10)25-14/h4-7H,3,18H2,1-2H3,(H,20,22,23). The zero-order valence-electron chi connectivity index (χ0n) is 13.7. The van der Waals surface area contributed by atoms with Gasteiger partial charge in [-0.2, -0.15) is 0 Å². The minimum Gasteiger partial charge on any atom is -0.397 e. The van der Waals surface area contributed by atoms with E-state index in [1.165, 1.54) is 22.7 Å². The number of anilines is 2. The first kappa shape index (κ1) is 15.9. The van der Waals surface area contributed by atoms with Gasteiger partial charge in [-0.3, -0.25) is 10.1 Å². The molecule has 0 atom stereocenters. The van der Waals surface area contributed by atoms with E-state index in [-0.39, 0.29) is 5.91 Å². The average molecular weight is 369 g/mol. The zero-order chi connectivity index (χ0) is 17.6. The molecule has 0 aliphatic rings. The van der Waals surface area contributed by atoms with Crippen LogP contribution in [0.15, 0.2) is 24.3 Å². The Morgan fingerprint density at radius 1 is 1.24 bits per heavy atom. The Kier molecular flexibility index (Phi) is 3.85. The zero-order valence-corrected chi connectivity index (χ0v) is 15.3. The number of nitrogens with two attached hydrogens (primary N) is 1. The molecule has 0 bridgehead atoms. The lowest BCUT2D eigenvalue weighted by molar-refractivity contribution is 0.103. The number of rotatable bonds is 3. The van der Waals surface area contributed by atoms with Crippen LogP contribution in [-0.4, -0.2) is 21.1 Å². The minimum absolute atomic E-state index is 0.278. The smallest absolute Gasteiger partial charge is 0.269 e. The molecule has 3 N–H and O–H groups in total. The molecule has 0 spiro atoms. The summed E-state index contributed by atoms with van der Waals surface area (Å²) in [5.41, 5.74) is 8.73. The first-order valence-electron chi connectivity index (χ1n) is 7.78. The van der Waals surface area contributed by atoms with Gasteiger partial charge in [0, 0.05) is 10.8 Å². The largest absolute Gasteiger partial charge is 0.397 e. The van der Waals surface area contributed by atoms with Crippen LogP contribution in [0.25, 0.3) is 21.1 Å². The molecule has 25 heavy (non-hydrogen) atoms. The van der Waals surface area contributed by atoms with Crippen LogP contribution in [0.5, 0.6) is 0 Å². The molecule has 1 amide bonds. The van der Waals surface area contributed by atoms with Gasteiger partial charge in [0.15, 0.2) is 0 Å². The van der Waals surface area contributed by atoms with Crippen molar-refractivity contribution >= 4 is 60.5 Å². The predicted octanol–water partition coefficient (Wildman–Crippen LogP) is 4.01. The summed E-state index contributed by atoms with van der Waals surface area (Å²) in [6.45, 7) is 4.03. The van der Waals surface area contributed by atoms with Gasteiger partial charge in [0.25, 0.3) is 5.91 Å². The van der Waals surface area contributed by atoms with E-state index in [1.54, 1.807) is 0 Å². The molecule has 0 aliphatic carbocycles. The number of fused-ring (bicyclic) bond motifs is 2. The van der Waals surface area contributed by atoms with Crippen LogP contribution in [0.4, 0.5) is 10.8 Å². The van der Waals surface area contributed by atoms with Crippen LogP contribution in [0.1, 0.15) is 27.2 Å². The van der Waals surface area contributed by atoms with Crippen molar-refractivity contribution in [3.05, 3.63) is 39.7 Å². The first-order valence-corrected chi connectivity index (χ1v) is 9.41. The number of nitrogen functional groups attached to an aromatic ring is 1. The molecule has 0 saturated carbocycles. The van der Waals surface area contributed by atoms with E-state index in [2.05, 4.69) is 26.6 Å². The number of nitrogens with one attached hydrogen (secondary N) is 1. The van der Waals surface area contributed by atoms with Gasteiger partial charge in [-0.05, 0) is 31.5 Å². The summed E-state index contributed by atoms with van der Waals surface area (Å²) in [5.74, 6) is -0.278. The molecule has 126 valence electrons. The maximum Gasteiger partial charge on any atom is 0.269 e. The fourth-order valence-electron chi connectivity index (χ4n) is 2.59. The number of carbonyl (C=O) groups is 1. The second kappa shape index (κ2) is 6.05. The maximum absolute atomic E-state index is 12.6. The Labute approximate surface area is 151 Å². The number of thiophene rings is 1. The van der Waals surface area contributed by atoms with Gasteiger partial charge in [-0.25, -0.2) is 4.98 Å². The van der Waals surface area contributed by atoms with E-state index in [1.807, 2.05) is 32.0 Å². The van der Waals surface area contributed by atoms with E-state index in [0.717, 1.165) is 38.1 Å². The molecule has 4 rings (SSSR count). The molecule has 0 fully saturated rings. The Balaban J connectivity index is 1.75. The van der Waals surface area contributed by atoms with Gasteiger partial charge < -0.3 is 5.73 Å². The highest BCUT2D eigenvalue weighted by molar-refractivity contribution is 7.21. The third kappa shape index (κ3) is 2.83. The Morgan fingerprint density at radius 3 is 2.84 bits per heavy atom. The van der Waals surface area contributed by atoms with Crippen LogP contribution in [0.3, 0.4) is 0 Å². The SMILES string of the molecule is CCc1nnc(NC(=O)c2sc3nc4ccc(C)cc4cc3c2N)s1. The van der Waals surface area contributed by atoms with Crippen molar-refractivity contribution in [1.29, 1.82) is 0 Å². The van der Waals surface area contributed by atoms with Crippen molar-refractivity contribution in [3.8, 4) is 0 Å². The van der Waals surface area contributed by atoms with Gasteiger partial charge in [0.2, 0.25) is 5.13 Å². The number of hydrogen-bond donors (Lipinski definition) is 2. The molecule has 4 aromatic rings. The van der Waals surface area contributed by atoms with E-state index in [0.29, 0.717) is 15.7 Å². The van der Waals surface area contributed by atoms with E-state index >= 15 is 0 Å². The fourth-order valence-corrected chi connectivity index (χ4v) is 4.25. The summed E-state index contributed by atoms with van der Waals surface area (Å²) < 4.78 is 0. The summed E-state index contributed by atoms with van der Waals surface area (Å²) in [7, 11) is 0. The summed E-state index contributed by atoms with van der Waals surface area (Å²) >= 11 is 2.66. The molecule has 3 heterocycles. The molecule has 3 aromatic heterocycles. The Morgan fingerprint density at radius 2 is 2.08 bits per heavy atom. The highest BCUT2D eigenvalue weighted by Crippen LogP contribution is 2.35. The van der Waals surface area contributed by atoms with Crippen molar-refractivity contribution in [1.82, 2.24) is 15.2 Å². The predicted molar refractivity (Wildman–Crippen MR) is 104 cm³/mol. The van der Waals surface area contributed by atoms with Crippen molar-refractivity contribution in [2.75, 3.05) is 11.1 Å². The van der Waals surface area contributed by atoms with Crippen LogP contribution in [0, 0.1) is 6.92 Å². The first-order chi connectivity index (χ1) is 12.0. The Bertz CT molecular complexity index is 1120. The molecule has 0 radical (unpaired) electrons. The molecule has 0 unspecified atom stereocenters. The molecule has 1 aromatic carbocycles. The third-order valence-electron chi connectivity index (χ3n) is 3.86. The summed E-state index contributed by atoms with van der Waals surface area (Å²) in [5, 5.41) is 13.9. The molecule has 8 heteroatoms. The minimum atomic E-state index is -0.278. The number of pyridine rings is 1. The van der Waals surface area contributed by atoms with Gasteiger partial charge in [0.05, 0.1) is 11.2 Å². The second-order valence-electron chi connectivity index (χ2n) is 5.69. The number of aryl methyl sites for hydroxylation is 2. The van der Waals surface area contributed by atoms with E-state index in [4.69, 9.17) is 5.73 Å². The van der Waals surface area contributed by atoms with Crippen molar-refractivity contribution < 1.29 is 4.79 Å². The lowest BCUT2D eigenvalue weighted by Gasteiger charge is -2.00. The number of benzene rings is 1. The van der Waals surface area contributed by atoms with Gasteiger partial charge >= 0.3 is 0 Å². The lowest BCUT2D eigenvalue weighted by Crippen LogP contribution is -2.11.